The number of aliphatic hydroxyl groups excluding tert-OH is 15. The molecule has 0 amide bonds. The van der Waals surface area contributed by atoms with Gasteiger partial charge < -0.3 is 111 Å². The maximum absolute atomic E-state index is 15.4. The Kier molecular flexibility index (Phi) is 15.9. The van der Waals surface area contributed by atoms with E-state index in [4.69, 9.17) is 14.2 Å². The van der Waals surface area contributed by atoms with Crippen molar-refractivity contribution in [2.75, 3.05) is 19.8 Å². The minimum Gasteiger partial charge on any atom is -0.508 e. The van der Waals surface area contributed by atoms with Crippen molar-refractivity contribution in [2.24, 2.45) is 5.92 Å². The summed E-state index contributed by atoms with van der Waals surface area (Å²) < 4.78 is 16.9. The molecule has 2 aromatic rings. The highest BCUT2D eigenvalue weighted by Crippen LogP contribution is 2.54. The quantitative estimate of drug-likeness (QED) is 0.0362. The van der Waals surface area contributed by atoms with Crippen molar-refractivity contribution in [1.82, 2.24) is 0 Å². The van der Waals surface area contributed by atoms with Crippen LogP contribution in [0.5, 0.6) is 11.5 Å². The second-order valence-electron chi connectivity index (χ2n) is 18.0. The number of phenolic OH excluding ortho intramolecular Hbond substituents is 2. The van der Waals surface area contributed by atoms with Crippen LogP contribution < -0.4 is 0 Å². The molecule has 0 spiro atoms. The molecule has 5 aliphatic rings. The molecule has 2 aromatic carbocycles. The van der Waals surface area contributed by atoms with Crippen LogP contribution in [0.4, 0.5) is 0 Å². The Labute approximate surface area is 416 Å². The van der Waals surface area contributed by atoms with Gasteiger partial charge in [0.05, 0.1) is 31.3 Å². The number of benzene rings is 2. The van der Waals surface area contributed by atoms with Gasteiger partial charge >= 0.3 is 0 Å². The number of aromatic hydroxyl groups is 2. The van der Waals surface area contributed by atoms with Gasteiger partial charge in [-0.1, -0.05) is 36.4 Å². The molecule has 0 radical (unpaired) electrons. The maximum Gasteiger partial charge on any atom is 0.219 e. The maximum atomic E-state index is 15.4. The average Bonchev–Trinajstić information content (AvgIpc) is 3.78. The van der Waals surface area contributed by atoms with E-state index >= 15 is 4.79 Å². The number of hydrogen-bond donors (Lipinski definition) is 19. The molecule has 17 unspecified atom stereocenters. The lowest BCUT2D eigenvalue weighted by Gasteiger charge is -2.47. The summed E-state index contributed by atoms with van der Waals surface area (Å²) >= 11 is 0. The van der Waals surface area contributed by atoms with Gasteiger partial charge in [-0.3, -0.25) is 19.2 Å². The molecular formula is C48H52O26. The smallest absolute Gasteiger partial charge is 0.219 e. The van der Waals surface area contributed by atoms with Crippen LogP contribution >= 0.6 is 0 Å². The number of aliphatic hydroxyl groups is 17. The summed E-state index contributed by atoms with van der Waals surface area (Å²) in [4.78, 5) is 59.4. The standard InChI is InChI=1S/C48H52O26/c49-13-22(56)30(57)37(64)40-27(28-33(60)25(20(54)11-5-16-1-7-18(52)8-2-16)41(67)47(70,43(28)69)45-38(65)35(62)31(58)23(14-50)72-45)29-34(61)26(21(55)12-6-17-3-9-19(53)10-4-17)42(68)48(71,44(29)74-40)46-39(66)36(63)32(59)24(15-51)73-46/h1-12,22-24,27,30-32,35-40,45-46,49-54,56-66,70-71H,13-15H2/b11-5+,12-6+,25-20+. The first-order valence-electron chi connectivity index (χ1n) is 22.4. The predicted octanol–water partition coefficient (Wildman–Crippen LogP) is -5.94. The van der Waals surface area contributed by atoms with Crippen LogP contribution in [-0.2, 0) is 33.4 Å². The zero-order valence-electron chi connectivity index (χ0n) is 38.1. The topological polar surface area (TPSA) is 480 Å². The molecule has 2 aliphatic carbocycles. The van der Waals surface area contributed by atoms with Crippen LogP contribution in [0.3, 0.4) is 0 Å². The molecule has 17 atom stereocenters. The number of ketones is 4. The molecule has 3 aliphatic heterocycles. The molecule has 2 fully saturated rings. The van der Waals surface area contributed by atoms with Crippen molar-refractivity contribution >= 4 is 35.3 Å². The summed E-state index contributed by atoms with van der Waals surface area (Å²) in [5, 5.41) is 211. The monoisotopic (exact) mass is 1040 g/mol. The predicted molar refractivity (Wildman–Crippen MR) is 241 cm³/mol. The third kappa shape index (κ3) is 9.12. The van der Waals surface area contributed by atoms with Gasteiger partial charge in [-0.2, -0.15) is 0 Å². The van der Waals surface area contributed by atoms with Crippen molar-refractivity contribution in [1.29, 1.82) is 0 Å². The second kappa shape index (κ2) is 21.2. The fraction of sp³-hybridized carbons (Fsp3) is 0.417. The molecule has 26 nitrogen and oxygen atoms in total. The largest absolute Gasteiger partial charge is 0.508 e. The second-order valence-corrected chi connectivity index (χ2v) is 18.0. The zero-order valence-corrected chi connectivity index (χ0v) is 38.1. The molecule has 74 heavy (non-hydrogen) atoms. The Bertz CT molecular complexity index is 2720. The van der Waals surface area contributed by atoms with Crippen LogP contribution in [0.1, 0.15) is 11.1 Å². The van der Waals surface area contributed by atoms with Gasteiger partial charge in [0.2, 0.25) is 28.6 Å². The summed E-state index contributed by atoms with van der Waals surface area (Å²) in [5.74, 6) is -17.5. The number of allylic oxidation sites excluding steroid dienone is 4. The van der Waals surface area contributed by atoms with Crippen LogP contribution in [-0.4, -0.2) is 237 Å². The molecule has 0 aromatic heterocycles. The first-order valence-corrected chi connectivity index (χ1v) is 22.4. The van der Waals surface area contributed by atoms with E-state index in [1.807, 2.05) is 0 Å². The lowest BCUT2D eigenvalue weighted by atomic mass is 9.65. The number of carbonyl (C=O) groups is 4. The van der Waals surface area contributed by atoms with Gasteiger partial charge in [-0.25, -0.2) is 0 Å². The fourth-order valence-electron chi connectivity index (χ4n) is 9.46. The van der Waals surface area contributed by atoms with Crippen LogP contribution in [0.25, 0.3) is 12.2 Å². The van der Waals surface area contributed by atoms with Gasteiger partial charge in [0.25, 0.3) is 0 Å². The lowest BCUT2D eigenvalue weighted by molar-refractivity contribution is -0.264. The molecule has 400 valence electrons. The lowest BCUT2D eigenvalue weighted by Crippen LogP contribution is -2.71. The van der Waals surface area contributed by atoms with E-state index < -0.39 is 191 Å². The Morgan fingerprint density at radius 2 is 1.08 bits per heavy atom. The average molecular weight is 1040 g/mol. The van der Waals surface area contributed by atoms with Crippen LogP contribution in [0.2, 0.25) is 0 Å². The van der Waals surface area contributed by atoms with Crippen molar-refractivity contribution < 1.29 is 130 Å². The summed E-state index contributed by atoms with van der Waals surface area (Å²) in [6, 6.07) is 9.81. The summed E-state index contributed by atoms with van der Waals surface area (Å²) in [6.45, 7) is -3.83. The van der Waals surface area contributed by atoms with E-state index in [0.717, 1.165) is 12.2 Å². The minimum atomic E-state index is -4.13. The van der Waals surface area contributed by atoms with Gasteiger partial charge in [0.15, 0.2) is 5.78 Å². The minimum absolute atomic E-state index is 0.143. The number of ether oxygens (including phenoxy) is 3. The van der Waals surface area contributed by atoms with Gasteiger partial charge in [0.1, 0.15) is 131 Å². The normalized spacial score (nSPS) is 35.8. The number of carbonyl (C=O) groups excluding carboxylic acids is 4. The number of hydrogen-bond acceptors (Lipinski definition) is 26. The van der Waals surface area contributed by atoms with E-state index in [1.165, 1.54) is 48.5 Å². The Balaban J connectivity index is 1.58. The van der Waals surface area contributed by atoms with Crippen molar-refractivity contribution in [3.63, 3.8) is 0 Å². The van der Waals surface area contributed by atoms with Gasteiger partial charge in [0, 0.05) is 5.57 Å². The van der Waals surface area contributed by atoms with Gasteiger partial charge in [-0.15, -0.1) is 0 Å². The van der Waals surface area contributed by atoms with Crippen LogP contribution in [0.15, 0.2) is 106 Å². The van der Waals surface area contributed by atoms with Crippen LogP contribution in [0, 0.1) is 5.92 Å². The van der Waals surface area contributed by atoms with E-state index in [9.17, 15) is 111 Å². The highest BCUT2D eigenvalue weighted by atomic mass is 16.6. The third-order valence-corrected chi connectivity index (χ3v) is 13.5. The van der Waals surface area contributed by atoms with E-state index in [0.29, 0.717) is 12.2 Å². The summed E-state index contributed by atoms with van der Waals surface area (Å²) in [5.41, 5.74) is -13.7. The first-order chi connectivity index (χ1) is 34.8. The zero-order chi connectivity index (χ0) is 54.6. The SMILES string of the molecule is O=C(/C=C/c1ccc(O)cc1)C1=C(O)C2=C(OC(C(O)C(O)C(O)CO)C2C2=C(O)/C(=C(O)/C=C/c3ccc(O)cc3)C(=O)C(O)(C3OC(CO)C(O)C(O)C3O)C2=O)C(O)(C2OC(CO)C(O)C(O)C2O)C1=O. The molecule has 7 rings (SSSR count). The molecule has 26 heteroatoms. The summed E-state index contributed by atoms with van der Waals surface area (Å²) in [6.07, 6.45) is -31.7. The molecule has 0 bridgehead atoms. The highest BCUT2D eigenvalue weighted by Gasteiger charge is 2.70. The third-order valence-electron chi connectivity index (χ3n) is 13.5. The molecule has 19 N–H and O–H groups in total. The molecule has 2 saturated heterocycles. The van der Waals surface area contributed by atoms with E-state index in [2.05, 4.69) is 0 Å². The molecular weight excluding hydrogens is 993 g/mol. The number of rotatable bonds is 14. The Morgan fingerprint density at radius 3 is 1.55 bits per heavy atom. The van der Waals surface area contributed by atoms with Crippen molar-refractivity contribution in [3.8, 4) is 11.5 Å². The molecule has 0 saturated carbocycles. The first kappa shape index (κ1) is 55.5. The fourth-order valence-corrected chi connectivity index (χ4v) is 9.46. The number of Topliss-reactive ketones (excluding diaryl/α,β-unsaturated/α-hetero) is 3. The van der Waals surface area contributed by atoms with Gasteiger partial charge in [-0.05, 0) is 47.5 Å². The van der Waals surface area contributed by atoms with Crippen molar-refractivity contribution in [3.05, 3.63) is 117 Å². The van der Waals surface area contributed by atoms with E-state index in [-0.39, 0.29) is 22.6 Å². The number of phenols is 2. The Morgan fingerprint density at radius 1 is 0.608 bits per heavy atom. The highest BCUT2D eigenvalue weighted by molar-refractivity contribution is 6.30. The van der Waals surface area contributed by atoms with Crippen molar-refractivity contribution in [2.45, 2.75) is 96.7 Å². The summed E-state index contributed by atoms with van der Waals surface area (Å²) in [7, 11) is 0. The Hall–Kier alpha value is -6.28. The van der Waals surface area contributed by atoms with E-state index in [1.54, 1.807) is 0 Å². The molecule has 3 heterocycles.